The second-order valence-electron chi connectivity index (χ2n) is 3.13. The summed E-state index contributed by atoms with van der Waals surface area (Å²) in [5, 5.41) is 12.4. The van der Waals surface area contributed by atoms with Crippen molar-refractivity contribution < 1.29 is 9.90 Å². The van der Waals surface area contributed by atoms with Crippen LogP contribution >= 0.6 is 11.8 Å². The van der Waals surface area contributed by atoms with Gasteiger partial charge in [-0.1, -0.05) is 12.1 Å². The molecule has 74 valence electrons. The van der Waals surface area contributed by atoms with Crippen LogP contribution in [0, 0.1) is 0 Å². The van der Waals surface area contributed by atoms with Gasteiger partial charge in [-0.15, -0.1) is 11.8 Å². The summed E-state index contributed by atoms with van der Waals surface area (Å²) in [5.41, 5.74) is 1.49. The molecule has 2 rings (SSSR count). The van der Waals surface area contributed by atoms with Crippen LogP contribution in [0.1, 0.15) is 21.3 Å². The van der Waals surface area contributed by atoms with Gasteiger partial charge in [-0.05, 0) is 17.7 Å². The number of rotatable bonds is 2. The van der Waals surface area contributed by atoms with Crippen molar-refractivity contribution >= 4 is 17.7 Å². The zero-order chi connectivity index (χ0) is 9.97. The maximum absolute atomic E-state index is 10.6. The van der Waals surface area contributed by atoms with E-state index in [0.717, 1.165) is 17.9 Å². The third-order valence-corrected chi connectivity index (χ3v) is 3.39. The Kier molecular flexibility index (Phi) is 2.74. The standard InChI is InChI=1S/C10H11NO2S/c12-10(13)8-3-1-7(2-4-8)9-11-5-6-14-9/h1-4,9,11H,5-6H2,(H,12,13)/t9-/m0/s1. The highest BCUT2D eigenvalue weighted by Gasteiger charge is 2.16. The van der Waals surface area contributed by atoms with Crippen molar-refractivity contribution in [2.45, 2.75) is 5.37 Å². The van der Waals surface area contributed by atoms with Crippen LogP contribution in [0.2, 0.25) is 0 Å². The number of aromatic carboxylic acids is 1. The molecule has 0 unspecified atom stereocenters. The van der Waals surface area contributed by atoms with Crippen LogP contribution in [0.15, 0.2) is 24.3 Å². The highest BCUT2D eigenvalue weighted by Crippen LogP contribution is 2.29. The van der Waals surface area contributed by atoms with Crippen molar-refractivity contribution in [2.24, 2.45) is 0 Å². The Labute approximate surface area is 86.5 Å². The van der Waals surface area contributed by atoms with Crippen molar-refractivity contribution in [2.75, 3.05) is 12.3 Å². The van der Waals surface area contributed by atoms with Gasteiger partial charge in [0.1, 0.15) is 0 Å². The van der Waals surface area contributed by atoms with Crippen LogP contribution in [0.4, 0.5) is 0 Å². The molecular weight excluding hydrogens is 198 g/mol. The van der Waals surface area contributed by atoms with Crippen LogP contribution < -0.4 is 5.32 Å². The van der Waals surface area contributed by atoms with E-state index in [9.17, 15) is 4.79 Å². The van der Waals surface area contributed by atoms with Gasteiger partial charge in [-0.25, -0.2) is 4.79 Å². The van der Waals surface area contributed by atoms with E-state index in [4.69, 9.17) is 5.11 Å². The van der Waals surface area contributed by atoms with E-state index in [-0.39, 0.29) is 0 Å². The van der Waals surface area contributed by atoms with E-state index in [0.29, 0.717) is 10.9 Å². The highest BCUT2D eigenvalue weighted by molar-refractivity contribution is 7.99. The minimum atomic E-state index is -0.872. The van der Waals surface area contributed by atoms with Gasteiger partial charge in [-0.3, -0.25) is 0 Å². The Morgan fingerprint density at radius 2 is 2.14 bits per heavy atom. The van der Waals surface area contributed by atoms with Crippen molar-refractivity contribution in [1.29, 1.82) is 0 Å². The van der Waals surface area contributed by atoms with Crippen LogP contribution in [0.5, 0.6) is 0 Å². The fourth-order valence-corrected chi connectivity index (χ4v) is 2.50. The fraction of sp³-hybridized carbons (Fsp3) is 0.300. The first-order chi connectivity index (χ1) is 6.77. The number of carboxylic acid groups (broad SMARTS) is 1. The van der Waals surface area contributed by atoms with Crippen molar-refractivity contribution in [3.63, 3.8) is 0 Å². The Morgan fingerprint density at radius 1 is 1.43 bits per heavy atom. The number of carbonyl (C=O) groups is 1. The van der Waals surface area contributed by atoms with Crippen LogP contribution in [0.3, 0.4) is 0 Å². The lowest BCUT2D eigenvalue weighted by atomic mass is 10.1. The number of hydrogen-bond acceptors (Lipinski definition) is 3. The SMILES string of the molecule is O=C(O)c1ccc([C@H]2NCCS2)cc1. The molecule has 1 aromatic carbocycles. The van der Waals surface area contributed by atoms with E-state index in [1.807, 2.05) is 23.9 Å². The predicted molar refractivity (Wildman–Crippen MR) is 56.6 cm³/mol. The average Bonchev–Trinajstić information content (AvgIpc) is 2.71. The smallest absolute Gasteiger partial charge is 0.335 e. The second-order valence-corrected chi connectivity index (χ2v) is 4.35. The van der Waals surface area contributed by atoms with Crippen molar-refractivity contribution in [1.82, 2.24) is 5.32 Å². The number of thioether (sulfide) groups is 1. The summed E-state index contributed by atoms with van der Waals surface area (Å²) in [5.74, 6) is 0.245. The van der Waals surface area contributed by atoms with Crippen molar-refractivity contribution in [3.05, 3.63) is 35.4 Å². The normalized spacial score (nSPS) is 21.0. The molecule has 0 amide bonds. The Morgan fingerprint density at radius 3 is 2.64 bits per heavy atom. The minimum absolute atomic E-state index is 0.331. The molecular formula is C10H11NO2S. The summed E-state index contributed by atoms with van der Waals surface area (Å²) >= 11 is 1.85. The van der Waals surface area contributed by atoms with Gasteiger partial charge in [-0.2, -0.15) is 0 Å². The third-order valence-electron chi connectivity index (χ3n) is 2.18. The maximum Gasteiger partial charge on any atom is 0.335 e. The average molecular weight is 209 g/mol. The molecule has 1 atom stereocenters. The van der Waals surface area contributed by atoms with Gasteiger partial charge in [0, 0.05) is 12.3 Å². The van der Waals surface area contributed by atoms with Gasteiger partial charge in [0.2, 0.25) is 0 Å². The lowest BCUT2D eigenvalue weighted by molar-refractivity contribution is 0.0697. The molecule has 3 nitrogen and oxygen atoms in total. The molecule has 0 saturated carbocycles. The Bertz CT molecular complexity index is 330. The van der Waals surface area contributed by atoms with E-state index in [1.54, 1.807) is 12.1 Å². The fourth-order valence-electron chi connectivity index (χ4n) is 1.44. The van der Waals surface area contributed by atoms with Gasteiger partial charge in [0.15, 0.2) is 0 Å². The zero-order valence-electron chi connectivity index (χ0n) is 7.56. The molecule has 0 aromatic heterocycles. The monoisotopic (exact) mass is 209 g/mol. The van der Waals surface area contributed by atoms with Crippen LogP contribution in [-0.2, 0) is 0 Å². The molecule has 0 spiro atoms. The Balaban J connectivity index is 2.16. The molecule has 1 fully saturated rings. The number of benzene rings is 1. The summed E-state index contributed by atoms with van der Waals surface area (Å²) in [6.07, 6.45) is 0. The molecule has 4 heteroatoms. The molecule has 2 N–H and O–H groups in total. The summed E-state index contributed by atoms with van der Waals surface area (Å²) in [6, 6.07) is 7.05. The lowest BCUT2D eigenvalue weighted by Crippen LogP contribution is -2.12. The largest absolute Gasteiger partial charge is 0.478 e. The molecule has 1 heterocycles. The summed E-state index contributed by atoms with van der Waals surface area (Å²) < 4.78 is 0. The molecule has 1 aromatic rings. The van der Waals surface area contributed by atoms with E-state index in [1.165, 1.54) is 0 Å². The van der Waals surface area contributed by atoms with Crippen LogP contribution in [-0.4, -0.2) is 23.4 Å². The first-order valence-corrected chi connectivity index (χ1v) is 5.50. The highest BCUT2D eigenvalue weighted by atomic mass is 32.2. The van der Waals surface area contributed by atoms with Gasteiger partial charge in [0.25, 0.3) is 0 Å². The van der Waals surface area contributed by atoms with Gasteiger partial charge >= 0.3 is 5.97 Å². The topological polar surface area (TPSA) is 49.3 Å². The second kappa shape index (κ2) is 4.02. The number of nitrogens with one attached hydrogen (secondary N) is 1. The third kappa shape index (κ3) is 1.91. The summed E-state index contributed by atoms with van der Waals surface area (Å²) in [7, 11) is 0. The van der Waals surface area contributed by atoms with E-state index < -0.39 is 5.97 Å². The maximum atomic E-state index is 10.6. The van der Waals surface area contributed by atoms with E-state index >= 15 is 0 Å². The molecule has 0 bridgehead atoms. The molecule has 1 aliphatic heterocycles. The Hall–Kier alpha value is -1.00. The molecule has 1 saturated heterocycles. The van der Waals surface area contributed by atoms with Gasteiger partial charge in [0.05, 0.1) is 10.9 Å². The lowest BCUT2D eigenvalue weighted by Gasteiger charge is -2.09. The summed E-state index contributed by atoms with van der Waals surface area (Å²) in [4.78, 5) is 10.6. The predicted octanol–water partition coefficient (Wildman–Crippen LogP) is 1.72. The van der Waals surface area contributed by atoms with Crippen LogP contribution in [0.25, 0.3) is 0 Å². The minimum Gasteiger partial charge on any atom is -0.478 e. The molecule has 0 radical (unpaired) electrons. The van der Waals surface area contributed by atoms with E-state index in [2.05, 4.69) is 5.32 Å². The molecule has 0 aliphatic carbocycles. The summed E-state index contributed by atoms with van der Waals surface area (Å²) in [6.45, 7) is 1.02. The number of hydrogen-bond donors (Lipinski definition) is 2. The first kappa shape index (κ1) is 9.55. The molecule has 1 aliphatic rings. The van der Waals surface area contributed by atoms with Crippen molar-refractivity contribution in [3.8, 4) is 0 Å². The molecule has 14 heavy (non-hydrogen) atoms. The quantitative estimate of drug-likeness (QED) is 0.778. The first-order valence-electron chi connectivity index (χ1n) is 4.45. The van der Waals surface area contributed by atoms with Gasteiger partial charge < -0.3 is 10.4 Å². The zero-order valence-corrected chi connectivity index (χ0v) is 8.38. The number of carboxylic acids is 1.